The first-order valence-electron chi connectivity index (χ1n) is 10.6. The lowest BCUT2D eigenvalue weighted by atomic mass is 9.94. The lowest BCUT2D eigenvalue weighted by Gasteiger charge is -2.25. The van der Waals surface area contributed by atoms with E-state index in [1.54, 1.807) is 54.9 Å². The molecule has 0 bridgehead atoms. The quantitative estimate of drug-likeness (QED) is 0.347. The van der Waals surface area contributed by atoms with Crippen LogP contribution in [0.4, 0.5) is 0 Å². The molecule has 1 fully saturated rings. The molecule has 1 saturated heterocycles. The minimum absolute atomic E-state index is 0.0399. The lowest BCUT2D eigenvalue weighted by molar-refractivity contribution is -0.140. The Balaban J connectivity index is 1.64. The number of aromatic nitrogens is 1. The zero-order chi connectivity index (χ0) is 23.1. The standard InChI is InChI=1S/C26H21ClN2O4/c1-15-10-19-11-18(7-8-21(19)33-15)24(30)22-23(17-5-2-6-20(27)12-17)29(26(32)25(22)31)14-16-4-3-9-28-13-16/h2-9,11-13,15,23,30H,10,14H2,1H3/t15-,23+/m1/s1. The van der Waals surface area contributed by atoms with Gasteiger partial charge in [-0.05, 0) is 60.0 Å². The fraction of sp³-hybridized carbons (Fsp3) is 0.192. The van der Waals surface area contributed by atoms with Crippen molar-refractivity contribution in [2.24, 2.45) is 0 Å². The Labute approximate surface area is 196 Å². The van der Waals surface area contributed by atoms with Gasteiger partial charge in [0.25, 0.3) is 11.7 Å². The molecule has 3 heterocycles. The molecule has 166 valence electrons. The average molecular weight is 461 g/mol. The van der Waals surface area contributed by atoms with E-state index < -0.39 is 17.7 Å². The summed E-state index contributed by atoms with van der Waals surface area (Å²) in [7, 11) is 0. The minimum Gasteiger partial charge on any atom is -0.507 e. The van der Waals surface area contributed by atoms with Crippen LogP contribution in [0.1, 0.15) is 35.2 Å². The molecular formula is C26H21ClN2O4. The second-order valence-electron chi connectivity index (χ2n) is 8.30. The summed E-state index contributed by atoms with van der Waals surface area (Å²) in [5, 5.41) is 11.8. The number of nitrogens with zero attached hydrogens (tertiary/aromatic N) is 2. The van der Waals surface area contributed by atoms with Gasteiger partial charge in [0.15, 0.2) is 0 Å². The van der Waals surface area contributed by atoms with Crippen LogP contribution in [0.5, 0.6) is 5.75 Å². The van der Waals surface area contributed by atoms with Crippen molar-refractivity contribution in [2.75, 3.05) is 0 Å². The van der Waals surface area contributed by atoms with Crippen molar-refractivity contribution in [3.63, 3.8) is 0 Å². The maximum absolute atomic E-state index is 13.2. The molecule has 1 N–H and O–H groups in total. The second kappa shape index (κ2) is 8.37. The van der Waals surface area contributed by atoms with Crippen LogP contribution in [0.2, 0.25) is 5.02 Å². The highest BCUT2D eigenvalue weighted by molar-refractivity contribution is 6.46. The van der Waals surface area contributed by atoms with Crippen molar-refractivity contribution in [3.8, 4) is 5.75 Å². The third-order valence-corrected chi connectivity index (χ3v) is 6.18. The highest BCUT2D eigenvalue weighted by Gasteiger charge is 2.46. The maximum atomic E-state index is 13.2. The van der Waals surface area contributed by atoms with E-state index in [9.17, 15) is 14.7 Å². The van der Waals surface area contributed by atoms with Crippen molar-refractivity contribution in [2.45, 2.75) is 32.0 Å². The molecule has 2 aliphatic rings. The van der Waals surface area contributed by atoms with Gasteiger partial charge in [-0.1, -0.05) is 29.8 Å². The van der Waals surface area contributed by atoms with Crippen molar-refractivity contribution < 1.29 is 19.4 Å². The molecule has 2 aliphatic heterocycles. The predicted molar refractivity (Wildman–Crippen MR) is 124 cm³/mol. The SMILES string of the molecule is C[C@@H]1Cc2cc(C(O)=C3C(=O)C(=O)N(Cc4cccnc4)[C@H]3c3cccc(Cl)c3)ccc2O1. The summed E-state index contributed by atoms with van der Waals surface area (Å²) in [5.41, 5.74) is 2.88. The summed E-state index contributed by atoms with van der Waals surface area (Å²) in [6, 6.07) is 15.1. The van der Waals surface area contributed by atoms with Crippen molar-refractivity contribution in [3.05, 3.63) is 99.8 Å². The van der Waals surface area contributed by atoms with E-state index in [-0.39, 0.29) is 24.0 Å². The molecule has 1 amide bonds. The van der Waals surface area contributed by atoms with Crippen LogP contribution >= 0.6 is 11.6 Å². The van der Waals surface area contributed by atoms with Crippen molar-refractivity contribution in [1.82, 2.24) is 9.88 Å². The molecule has 5 rings (SSSR count). The smallest absolute Gasteiger partial charge is 0.295 e. The molecule has 1 aromatic heterocycles. The molecule has 2 atom stereocenters. The molecule has 33 heavy (non-hydrogen) atoms. The largest absolute Gasteiger partial charge is 0.507 e. The van der Waals surface area contributed by atoms with Crippen LogP contribution in [0, 0.1) is 0 Å². The highest BCUT2D eigenvalue weighted by Crippen LogP contribution is 2.41. The van der Waals surface area contributed by atoms with Gasteiger partial charge in [0.1, 0.15) is 17.6 Å². The number of benzene rings is 2. The number of hydrogen-bond donors (Lipinski definition) is 1. The number of amides is 1. The number of pyridine rings is 1. The minimum atomic E-state index is -0.785. The predicted octanol–water partition coefficient (Wildman–Crippen LogP) is 4.68. The zero-order valence-corrected chi connectivity index (χ0v) is 18.6. The number of carbonyl (C=O) groups excluding carboxylic acids is 2. The number of ether oxygens (including phenoxy) is 1. The Hall–Kier alpha value is -3.64. The highest BCUT2D eigenvalue weighted by atomic mass is 35.5. The molecule has 0 saturated carbocycles. The molecule has 0 unspecified atom stereocenters. The third-order valence-electron chi connectivity index (χ3n) is 5.95. The van der Waals surface area contributed by atoms with Crippen LogP contribution in [0.15, 0.2) is 72.6 Å². The fourth-order valence-corrected chi connectivity index (χ4v) is 4.68. The molecule has 7 heteroatoms. The summed E-state index contributed by atoms with van der Waals surface area (Å²) < 4.78 is 5.74. The number of Topliss-reactive ketones (excluding diaryl/α,β-unsaturated/α-hetero) is 1. The van der Waals surface area contributed by atoms with Gasteiger partial charge in [-0.3, -0.25) is 14.6 Å². The van der Waals surface area contributed by atoms with Gasteiger partial charge < -0.3 is 14.7 Å². The number of fused-ring (bicyclic) bond motifs is 1. The second-order valence-corrected chi connectivity index (χ2v) is 8.73. The van der Waals surface area contributed by atoms with Crippen LogP contribution in [-0.2, 0) is 22.6 Å². The van der Waals surface area contributed by atoms with Gasteiger partial charge in [0, 0.05) is 35.9 Å². The molecule has 0 aliphatic carbocycles. The van der Waals surface area contributed by atoms with E-state index in [4.69, 9.17) is 16.3 Å². The van der Waals surface area contributed by atoms with Gasteiger partial charge in [0.05, 0.1) is 11.6 Å². The van der Waals surface area contributed by atoms with Crippen molar-refractivity contribution in [1.29, 1.82) is 0 Å². The molecule has 2 aromatic carbocycles. The van der Waals surface area contributed by atoms with E-state index in [1.165, 1.54) is 4.90 Å². The number of aliphatic hydroxyl groups excluding tert-OH is 1. The zero-order valence-electron chi connectivity index (χ0n) is 17.9. The van der Waals surface area contributed by atoms with E-state index in [0.717, 1.165) is 16.9 Å². The van der Waals surface area contributed by atoms with Gasteiger partial charge in [0.2, 0.25) is 0 Å². The first-order valence-corrected chi connectivity index (χ1v) is 11.0. The topological polar surface area (TPSA) is 79.7 Å². The third kappa shape index (κ3) is 3.87. The van der Waals surface area contributed by atoms with E-state index in [1.807, 2.05) is 19.1 Å². The molecule has 0 radical (unpaired) electrons. The van der Waals surface area contributed by atoms with Gasteiger partial charge in [-0.2, -0.15) is 0 Å². The van der Waals surface area contributed by atoms with Crippen LogP contribution in [-0.4, -0.2) is 32.8 Å². The first kappa shape index (κ1) is 21.2. The van der Waals surface area contributed by atoms with Crippen LogP contribution < -0.4 is 4.74 Å². The monoisotopic (exact) mass is 460 g/mol. The van der Waals surface area contributed by atoms with E-state index in [2.05, 4.69) is 4.98 Å². The summed E-state index contributed by atoms with van der Waals surface area (Å²) in [6.07, 6.45) is 4.05. The number of hydrogen-bond acceptors (Lipinski definition) is 5. The average Bonchev–Trinajstić information content (AvgIpc) is 3.30. The van der Waals surface area contributed by atoms with Gasteiger partial charge in [-0.25, -0.2) is 0 Å². The normalized spacial score (nSPS) is 21.2. The van der Waals surface area contributed by atoms with E-state index >= 15 is 0 Å². The Kier molecular flexibility index (Phi) is 5.38. The summed E-state index contributed by atoms with van der Waals surface area (Å²) in [4.78, 5) is 31.9. The number of aliphatic hydroxyl groups is 1. The Bertz CT molecular complexity index is 1290. The number of carbonyl (C=O) groups is 2. The fourth-order valence-electron chi connectivity index (χ4n) is 4.48. The lowest BCUT2D eigenvalue weighted by Crippen LogP contribution is -2.29. The Morgan fingerprint density at radius 3 is 2.79 bits per heavy atom. The molecule has 3 aromatic rings. The number of ketones is 1. The number of halogens is 1. The Morgan fingerprint density at radius 2 is 2.03 bits per heavy atom. The summed E-state index contributed by atoms with van der Waals surface area (Å²) in [6.45, 7) is 2.14. The van der Waals surface area contributed by atoms with Crippen molar-refractivity contribution >= 4 is 29.1 Å². The Morgan fingerprint density at radius 1 is 1.18 bits per heavy atom. The molecule has 6 nitrogen and oxygen atoms in total. The molecule has 0 spiro atoms. The summed E-state index contributed by atoms with van der Waals surface area (Å²) in [5.74, 6) is -0.855. The van der Waals surface area contributed by atoms with Gasteiger partial charge in [-0.15, -0.1) is 0 Å². The maximum Gasteiger partial charge on any atom is 0.295 e. The molecular weight excluding hydrogens is 440 g/mol. The van der Waals surface area contributed by atoms with Crippen LogP contribution in [0.25, 0.3) is 5.76 Å². The van der Waals surface area contributed by atoms with E-state index in [0.29, 0.717) is 22.6 Å². The van der Waals surface area contributed by atoms with Gasteiger partial charge >= 0.3 is 0 Å². The summed E-state index contributed by atoms with van der Waals surface area (Å²) >= 11 is 6.24. The number of likely N-dealkylation sites (tertiary alicyclic amines) is 1. The number of rotatable bonds is 4. The first-order chi connectivity index (χ1) is 15.9. The van der Waals surface area contributed by atoms with Crippen LogP contribution in [0.3, 0.4) is 0 Å².